The highest BCUT2D eigenvalue weighted by Crippen LogP contribution is 2.46. The Morgan fingerprint density at radius 1 is 1.09 bits per heavy atom. The molecule has 0 N–H and O–H groups in total. The van der Waals surface area contributed by atoms with Crippen molar-refractivity contribution in [3.05, 3.63) is 22.3 Å². The Morgan fingerprint density at radius 2 is 1.64 bits per heavy atom. The molecule has 8 heteroatoms. The van der Waals surface area contributed by atoms with Gasteiger partial charge in [0.05, 0.1) is 0 Å². The average Bonchev–Trinajstić information content (AvgIpc) is 2.67. The van der Waals surface area contributed by atoms with Gasteiger partial charge in [-0.05, 0) is 45.7 Å². The molecular formula is C14H17F3O4S. The zero-order valence-corrected chi connectivity index (χ0v) is 13.7. The minimum Gasteiger partial charge on any atom is -0.487 e. The van der Waals surface area contributed by atoms with Crippen LogP contribution < -0.4 is 8.92 Å². The van der Waals surface area contributed by atoms with E-state index in [1.54, 1.807) is 6.92 Å². The first kappa shape index (κ1) is 16.9. The van der Waals surface area contributed by atoms with Crippen LogP contribution in [-0.4, -0.2) is 19.5 Å². The summed E-state index contributed by atoms with van der Waals surface area (Å²) in [6, 6.07) is 0. The van der Waals surface area contributed by atoms with E-state index in [1.807, 2.05) is 13.8 Å². The fourth-order valence-electron chi connectivity index (χ4n) is 2.55. The summed E-state index contributed by atoms with van der Waals surface area (Å²) in [5, 5.41) is 0. The van der Waals surface area contributed by atoms with Gasteiger partial charge in [-0.15, -0.1) is 0 Å². The van der Waals surface area contributed by atoms with Crippen LogP contribution in [0.25, 0.3) is 0 Å². The smallest absolute Gasteiger partial charge is 0.487 e. The molecule has 4 nitrogen and oxygen atoms in total. The minimum absolute atomic E-state index is 0.261. The molecular weight excluding hydrogens is 321 g/mol. The van der Waals surface area contributed by atoms with Crippen LogP contribution in [0.2, 0.25) is 0 Å². The van der Waals surface area contributed by atoms with Crippen molar-refractivity contribution in [2.75, 3.05) is 0 Å². The second-order valence-corrected chi connectivity index (χ2v) is 7.57. The van der Waals surface area contributed by atoms with Gasteiger partial charge in [0.25, 0.3) is 0 Å². The number of ether oxygens (including phenoxy) is 1. The summed E-state index contributed by atoms with van der Waals surface area (Å²) in [6.45, 7) is 8.46. The number of hydrogen-bond acceptors (Lipinski definition) is 4. The quantitative estimate of drug-likeness (QED) is 0.611. The summed E-state index contributed by atoms with van der Waals surface area (Å²) in [5.41, 5.74) is -3.79. The molecule has 0 aliphatic carbocycles. The van der Waals surface area contributed by atoms with E-state index in [0.29, 0.717) is 23.3 Å². The fourth-order valence-corrected chi connectivity index (χ4v) is 3.11. The molecule has 1 aliphatic rings. The molecule has 0 spiro atoms. The Kier molecular flexibility index (Phi) is 3.67. The van der Waals surface area contributed by atoms with Gasteiger partial charge in [0.1, 0.15) is 11.4 Å². The first-order chi connectivity index (χ1) is 9.77. The largest absolute Gasteiger partial charge is 0.534 e. The molecule has 0 aromatic heterocycles. The third-order valence-electron chi connectivity index (χ3n) is 3.77. The Hall–Kier alpha value is -1.44. The summed E-state index contributed by atoms with van der Waals surface area (Å²) in [6.07, 6.45) is 0.599. The predicted molar refractivity (Wildman–Crippen MR) is 74.7 cm³/mol. The summed E-state index contributed by atoms with van der Waals surface area (Å²) in [5.74, 6) is 0.0896. The number of alkyl halides is 3. The molecule has 0 amide bonds. The normalized spacial score (nSPS) is 17.1. The number of fused-ring (bicyclic) bond motifs is 1. The number of benzene rings is 1. The first-order valence-electron chi connectivity index (χ1n) is 6.59. The van der Waals surface area contributed by atoms with Crippen LogP contribution in [0.3, 0.4) is 0 Å². The van der Waals surface area contributed by atoms with Crippen LogP contribution in [0.4, 0.5) is 13.2 Å². The summed E-state index contributed by atoms with van der Waals surface area (Å²) in [4.78, 5) is 0. The first-order valence-corrected chi connectivity index (χ1v) is 8.00. The Bertz CT molecular complexity index is 734. The van der Waals surface area contributed by atoms with Crippen LogP contribution in [0, 0.1) is 20.8 Å². The van der Waals surface area contributed by atoms with Crippen molar-refractivity contribution in [2.24, 2.45) is 0 Å². The van der Waals surface area contributed by atoms with Crippen molar-refractivity contribution in [2.45, 2.75) is 52.1 Å². The van der Waals surface area contributed by atoms with E-state index in [9.17, 15) is 21.6 Å². The lowest BCUT2D eigenvalue weighted by molar-refractivity contribution is -0.0500. The zero-order valence-electron chi connectivity index (χ0n) is 12.9. The SMILES string of the molecule is Cc1c(C)c(OS(=O)(=O)C(F)(F)F)c(C)c2c1CC(C)(C)O2. The molecule has 22 heavy (non-hydrogen) atoms. The van der Waals surface area contributed by atoms with Crippen LogP contribution in [0.15, 0.2) is 0 Å². The third-order valence-corrected chi connectivity index (χ3v) is 4.72. The van der Waals surface area contributed by atoms with E-state index in [-0.39, 0.29) is 11.3 Å². The van der Waals surface area contributed by atoms with Crippen molar-refractivity contribution in [3.8, 4) is 11.5 Å². The van der Waals surface area contributed by atoms with E-state index >= 15 is 0 Å². The van der Waals surface area contributed by atoms with Crippen LogP contribution >= 0.6 is 0 Å². The van der Waals surface area contributed by atoms with Crippen LogP contribution in [-0.2, 0) is 16.5 Å². The second kappa shape index (κ2) is 4.78. The topological polar surface area (TPSA) is 52.6 Å². The van der Waals surface area contributed by atoms with E-state index in [2.05, 4.69) is 4.18 Å². The van der Waals surface area contributed by atoms with Crippen molar-refractivity contribution >= 4 is 10.1 Å². The number of hydrogen-bond donors (Lipinski definition) is 0. The second-order valence-electron chi connectivity index (χ2n) is 6.03. The Labute approximate surface area is 127 Å². The number of halogens is 3. The monoisotopic (exact) mass is 338 g/mol. The molecule has 0 saturated carbocycles. The molecule has 1 aromatic carbocycles. The standard InChI is InChI=1S/C14H17F3O4S/c1-7-8(2)11(21-22(18,19)14(15,16)17)9(3)12-10(7)6-13(4,5)20-12/h6H2,1-5H3. The molecule has 1 heterocycles. The van der Waals surface area contributed by atoms with Gasteiger partial charge in [-0.3, -0.25) is 0 Å². The highest BCUT2D eigenvalue weighted by Gasteiger charge is 2.49. The highest BCUT2D eigenvalue weighted by molar-refractivity contribution is 7.88. The van der Waals surface area contributed by atoms with E-state index in [4.69, 9.17) is 4.74 Å². The Balaban J connectivity index is 2.60. The summed E-state index contributed by atoms with van der Waals surface area (Å²) < 4.78 is 70.3. The maximum atomic E-state index is 12.5. The maximum Gasteiger partial charge on any atom is 0.534 e. The molecule has 0 atom stereocenters. The van der Waals surface area contributed by atoms with Crippen LogP contribution in [0.1, 0.15) is 36.1 Å². The minimum atomic E-state index is -5.71. The van der Waals surface area contributed by atoms with E-state index in [0.717, 1.165) is 5.56 Å². The van der Waals surface area contributed by atoms with Gasteiger partial charge in [-0.25, -0.2) is 0 Å². The lowest BCUT2D eigenvalue weighted by Gasteiger charge is -2.19. The van der Waals surface area contributed by atoms with Gasteiger partial charge in [-0.1, -0.05) is 0 Å². The zero-order chi connectivity index (χ0) is 17.1. The van der Waals surface area contributed by atoms with E-state index < -0.39 is 21.2 Å². The Morgan fingerprint density at radius 3 is 2.14 bits per heavy atom. The molecule has 1 aliphatic heterocycles. The summed E-state index contributed by atoms with van der Waals surface area (Å²) in [7, 11) is -5.71. The molecule has 124 valence electrons. The molecule has 0 unspecified atom stereocenters. The van der Waals surface area contributed by atoms with Crippen molar-refractivity contribution in [1.82, 2.24) is 0 Å². The van der Waals surface area contributed by atoms with Gasteiger partial charge < -0.3 is 8.92 Å². The van der Waals surface area contributed by atoms with Gasteiger partial charge in [-0.2, -0.15) is 21.6 Å². The van der Waals surface area contributed by atoms with Gasteiger partial charge >= 0.3 is 15.6 Å². The highest BCUT2D eigenvalue weighted by atomic mass is 32.2. The third kappa shape index (κ3) is 2.64. The fraction of sp³-hybridized carbons (Fsp3) is 0.571. The average molecular weight is 338 g/mol. The van der Waals surface area contributed by atoms with E-state index in [1.165, 1.54) is 13.8 Å². The molecule has 0 radical (unpaired) electrons. The van der Waals surface area contributed by atoms with Gasteiger partial charge in [0, 0.05) is 17.5 Å². The van der Waals surface area contributed by atoms with Gasteiger partial charge in [0.2, 0.25) is 0 Å². The maximum absolute atomic E-state index is 12.5. The molecule has 1 aromatic rings. The predicted octanol–water partition coefficient (Wildman–Crippen LogP) is 3.55. The molecule has 0 fully saturated rings. The van der Waals surface area contributed by atoms with Crippen molar-refractivity contribution in [3.63, 3.8) is 0 Å². The summed E-state index contributed by atoms with van der Waals surface area (Å²) >= 11 is 0. The van der Waals surface area contributed by atoms with Crippen molar-refractivity contribution in [1.29, 1.82) is 0 Å². The molecule has 0 saturated heterocycles. The van der Waals surface area contributed by atoms with Gasteiger partial charge in [0.15, 0.2) is 5.75 Å². The molecule has 0 bridgehead atoms. The van der Waals surface area contributed by atoms with Crippen molar-refractivity contribution < 1.29 is 30.5 Å². The lowest BCUT2D eigenvalue weighted by Crippen LogP contribution is -2.28. The number of rotatable bonds is 2. The molecule has 2 rings (SSSR count). The lowest BCUT2D eigenvalue weighted by atomic mass is 9.93. The van der Waals surface area contributed by atoms with Crippen LogP contribution in [0.5, 0.6) is 11.5 Å².